The average Bonchev–Trinajstić information content (AvgIpc) is 2.64. The molecule has 0 atom stereocenters. The van der Waals surface area contributed by atoms with Crippen molar-refractivity contribution < 1.29 is 0 Å². The third-order valence-electron chi connectivity index (χ3n) is 2.19. The normalized spacial score (nSPS) is 17.3. The predicted octanol–water partition coefficient (Wildman–Crippen LogP) is 2.81. The van der Waals surface area contributed by atoms with Crippen LogP contribution in [0.4, 0.5) is 5.69 Å². The van der Waals surface area contributed by atoms with Gasteiger partial charge in [-0.25, -0.2) is 9.99 Å². The first kappa shape index (κ1) is 10.0. The number of halogens is 2. The average molecular weight is 232 g/mol. The maximum Gasteiger partial charge on any atom is 0.147 e. The highest BCUT2D eigenvalue weighted by molar-refractivity contribution is 6.41. The van der Waals surface area contributed by atoms with Gasteiger partial charge in [-0.2, -0.15) is 0 Å². The van der Waals surface area contributed by atoms with E-state index < -0.39 is 0 Å². The van der Waals surface area contributed by atoms with E-state index >= 15 is 0 Å². The molecule has 0 aromatic carbocycles. The molecular weight excluding hydrogens is 221 g/mol. The topological polar surface area (TPSA) is 28.2 Å². The molecule has 0 spiro atoms. The minimum absolute atomic E-state index is 0.346. The maximum atomic E-state index is 5.85. The largest absolute Gasteiger partial charge is 0.317 e. The molecule has 1 aromatic rings. The zero-order valence-corrected chi connectivity index (χ0v) is 9.15. The molecule has 5 heteroatoms. The molecule has 0 amide bonds. The second-order valence-corrected chi connectivity index (χ2v) is 4.07. The molecule has 2 rings (SSSR count). The lowest BCUT2D eigenvalue weighted by Gasteiger charge is -2.17. The van der Waals surface area contributed by atoms with Crippen LogP contribution in [-0.4, -0.2) is 23.1 Å². The number of pyridine rings is 1. The van der Waals surface area contributed by atoms with Gasteiger partial charge in [-0.1, -0.05) is 23.2 Å². The summed E-state index contributed by atoms with van der Waals surface area (Å²) in [5.74, 6) is 0. The van der Waals surface area contributed by atoms with E-state index in [9.17, 15) is 0 Å². The number of hydrazine groups is 1. The number of hydrogen-bond acceptors (Lipinski definition) is 3. The molecule has 0 radical (unpaired) electrons. The summed E-state index contributed by atoms with van der Waals surface area (Å²) >= 11 is 11.6. The highest BCUT2D eigenvalue weighted by Gasteiger charge is 2.11. The summed E-state index contributed by atoms with van der Waals surface area (Å²) in [6.45, 7) is 2.14. The second kappa shape index (κ2) is 4.34. The van der Waals surface area contributed by atoms with E-state index in [1.165, 1.54) is 12.8 Å². The SMILES string of the molecule is Clc1cc(NN2CCCC2)cnc1Cl. The first-order valence-corrected chi connectivity index (χ1v) is 5.34. The Bertz CT molecular complexity index is 324. The molecule has 2 heterocycles. The van der Waals surface area contributed by atoms with E-state index in [0.717, 1.165) is 18.8 Å². The molecule has 1 aromatic heterocycles. The number of nitrogens with one attached hydrogen (secondary N) is 1. The molecule has 0 aliphatic carbocycles. The Balaban J connectivity index is 2.05. The summed E-state index contributed by atoms with van der Waals surface area (Å²) in [5, 5.41) is 2.98. The van der Waals surface area contributed by atoms with Crippen LogP contribution in [0.1, 0.15) is 12.8 Å². The van der Waals surface area contributed by atoms with Crippen molar-refractivity contribution in [1.82, 2.24) is 9.99 Å². The van der Waals surface area contributed by atoms with Gasteiger partial charge in [0.2, 0.25) is 0 Å². The Kier molecular flexibility index (Phi) is 3.11. The zero-order valence-electron chi connectivity index (χ0n) is 7.63. The molecule has 0 bridgehead atoms. The van der Waals surface area contributed by atoms with Crippen molar-refractivity contribution in [2.75, 3.05) is 18.5 Å². The molecule has 1 N–H and O–H groups in total. The van der Waals surface area contributed by atoms with Gasteiger partial charge in [0.15, 0.2) is 0 Å². The fourth-order valence-electron chi connectivity index (χ4n) is 1.49. The fourth-order valence-corrected chi connectivity index (χ4v) is 1.76. The number of rotatable bonds is 2. The molecule has 14 heavy (non-hydrogen) atoms. The lowest BCUT2D eigenvalue weighted by Crippen LogP contribution is -2.26. The van der Waals surface area contributed by atoms with E-state index in [-0.39, 0.29) is 0 Å². The molecule has 0 unspecified atom stereocenters. The molecule has 76 valence electrons. The van der Waals surface area contributed by atoms with Crippen LogP contribution in [0.2, 0.25) is 10.2 Å². The number of hydrogen-bond donors (Lipinski definition) is 1. The van der Waals surface area contributed by atoms with Crippen LogP contribution >= 0.6 is 23.2 Å². The van der Waals surface area contributed by atoms with Crippen molar-refractivity contribution in [3.63, 3.8) is 0 Å². The van der Waals surface area contributed by atoms with Crippen LogP contribution in [-0.2, 0) is 0 Å². The van der Waals surface area contributed by atoms with Gasteiger partial charge in [-0.05, 0) is 18.9 Å². The van der Waals surface area contributed by atoms with Crippen molar-refractivity contribution >= 4 is 28.9 Å². The smallest absolute Gasteiger partial charge is 0.147 e. The van der Waals surface area contributed by atoms with Gasteiger partial charge in [-0.3, -0.25) is 0 Å². The van der Waals surface area contributed by atoms with Crippen LogP contribution < -0.4 is 5.43 Å². The lowest BCUT2D eigenvalue weighted by molar-refractivity contribution is 0.410. The van der Waals surface area contributed by atoms with Crippen molar-refractivity contribution in [3.05, 3.63) is 22.4 Å². The Hall–Kier alpha value is -0.510. The molecule has 1 saturated heterocycles. The van der Waals surface area contributed by atoms with Gasteiger partial charge >= 0.3 is 0 Å². The summed E-state index contributed by atoms with van der Waals surface area (Å²) in [6, 6.07) is 1.79. The van der Waals surface area contributed by atoms with Gasteiger partial charge in [0, 0.05) is 13.1 Å². The second-order valence-electron chi connectivity index (χ2n) is 3.30. The molecule has 1 aliphatic rings. The fraction of sp³-hybridized carbons (Fsp3) is 0.444. The van der Waals surface area contributed by atoms with Crippen molar-refractivity contribution in [1.29, 1.82) is 0 Å². The maximum absolute atomic E-state index is 5.85. The van der Waals surface area contributed by atoms with Gasteiger partial charge in [0.1, 0.15) is 5.15 Å². The Labute approximate surface area is 93.0 Å². The third-order valence-corrected chi connectivity index (χ3v) is 2.88. The molecule has 0 saturated carbocycles. The standard InChI is InChI=1S/C9H11Cl2N3/c10-8-5-7(6-12-9(8)11)13-14-3-1-2-4-14/h5-6,13H,1-4H2. The summed E-state index contributed by atoms with van der Waals surface area (Å²) in [6.07, 6.45) is 4.16. The highest BCUT2D eigenvalue weighted by atomic mass is 35.5. The first-order chi connectivity index (χ1) is 6.75. The highest BCUT2D eigenvalue weighted by Crippen LogP contribution is 2.23. The number of nitrogens with zero attached hydrogens (tertiary/aromatic N) is 2. The van der Waals surface area contributed by atoms with Gasteiger partial charge < -0.3 is 5.43 Å². The molecule has 1 fully saturated rings. The van der Waals surface area contributed by atoms with Crippen LogP contribution in [0, 0.1) is 0 Å². The van der Waals surface area contributed by atoms with E-state index in [1.807, 2.05) is 0 Å². The quantitative estimate of drug-likeness (QED) is 0.794. The molecular formula is C9H11Cl2N3. The zero-order chi connectivity index (χ0) is 9.97. The molecule has 1 aliphatic heterocycles. The summed E-state index contributed by atoms with van der Waals surface area (Å²) in [5.41, 5.74) is 4.13. The summed E-state index contributed by atoms with van der Waals surface area (Å²) in [7, 11) is 0. The number of anilines is 1. The van der Waals surface area contributed by atoms with E-state index in [1.54, 1.807) is 12.3 Å². The van der Waals surface area contributed by atoms with Crippen molar-refractivity contribution in [3.8, 4) is 0 Å². The van der Waals surface area contributed by atoms with Gasteiger partial charge in [0.25, 0.3) is 0 Å². The van der Waals surface area contributed by atoms with Crippen LogP contribution in [0.15, 0.2) is 12.3 Å². The van der Waals surface area contributed by atoms with Gasteiger partial charge in [-0.15, -0.1) is 0 Å². The van der Waals surface area contributed by atoms with E-state index in [4.69, 9.17) is 23.2 Å². The van der Waals surface area contributed by atoms with Crippen LogP contribution in [0.5, 0.6) is 0 Å². The first-order valence-electron chi connectivity index (χ1n) is 4.58. The van der Waals surface area contributed by atoms with Crippen molar-refractivity contribution in [2.24, 2.45) is 0 Å². The Morgan fingerprint density at radius 3 is 2.64 bits per heavy atom. The lowest BCUT2D eigenvalue weighted by atomic mass is 10.4. The van der Waals surface area contributed by atoms with E-state index in [2.05, 4.69) is 15.4 Å². The van der Waals surface area contributed by atoms with Crippen molar-refractivity contribution in [2.45, 2.75) is 12.8 Å². The third kappa shape index (κ3) is 2.29. The van der Waals surface area contributed by atoms with Crippen LogP contribution in [0.3, 0.4) is 0 Å². The Morgan fingerprint density at radius 1 is 1.29 bits per heavy atom. The molecule has 3 nitrogen and oxygen atoms in total. The summed E-state index contributed by atoms with van der Waals surface area (Å²) < 4.78 is 0. The van der Waals surface area contributed by atoms with Crippen LogP contribution in [0.25, 0.3) is 0 Å². The summed E-state index contributed by atoms with van der Waals surface area (Å²) in [4.78, 5) is 3.97. The van der Waals surface area contributed by atoms with Gasteiger partial charge in [0.05, 0.1) is 16.9 Å². The minimum Gasteiger partial charge on any atom is -0.317 e. The monoisotopic (exact) mass is 231 g/mol. The number of aromatic nitrogens is 1. The minimum atomic E-state index is 0.346. The Morgan fingerprint density at radius 2 is 2.00 bits per heavy atom. The van der Waals surface area contributed by atoms with E-state index in [0.29, 0.717) is 10.2 Å². The predicted molar refractivity (Wildman–Crippen MR) is 58.7 cm³/mol.